The number of hydrogen-bond donors (Lipinski definition) is 2. The number of anilines is 1. The van der Waals surface area contributed by atoms with Gasteiger partial charge in [-0.15, -0.1) is 0 Å². The number of carbonyl (C=O) groups excluding carboxylic acids is 1. The molecule has 0 saturated heterocycles. The first-order valence-corrected chi connectivity index (χ1v) is 7.19. The fourth-order valence-electron chi connectivity index (χ4n) is 1.52. The molecule has 3 N–H and O–H groups in total. The zero-order chi connectivity index (χ0) is 15.2. The summed E-state index contributed by atoms with van der Waals surface area (Å²) >= 11 is 8.01. The lowest BCUT2D eigenvalue weighted by atomic mass is 10.2. The maximum absolute atomic E-state index is 12.0. The minimum atomic E-state index is -0.297. The SMILES string of the molecule is NC(=S)COc1cccc(NC(=O)c2ccc(Br)cn2)c1. The summed E-state index contributed by atoms with van der Waals surface area (Å²) in [6.45, 7) is 0.154. The summed E-state index contributed by atoms with van der Waals surface area (Å²) in [6.07, 6.45) is 1.57. The molecule has 0 atom stereocenters. The Morgan fingerprint density at radius 1 is 1.38 bits per heavy atom. The van der Waals surface area contributed by atoms with E-state index in [-0.39, 0.29) is 17.5 Å². The summed E-state index contributed by atoms with van der Waals surface area (Å²) < 4.78 is 6.18. The molecule has 1 amide bonds. The number of amides is 1. The van der Waals surface area contributed by atoms with Crippen molar-refractivity contribution in [3.8, 4) is 5.75 Å². The van der Waals surface area contributed by atoms with Gasteiger partial charge in [-0.25, -0.2) is 4.98 Å². The van der Waals surface area contributed by atoms with E-state index in [1.54, 1.807) is 42.6 Å². The van der Waals surface area contributed by atoms with Gasteiger partial charge < -0.3 is 15.8 Å². The van der Waals surface area contributed by atoms with Crippen molar-refractivity contribution in [1.82, 2.24) is 4.98 Å². The van der Waals surface area contributed by atoms with Gasteiger partial charge in [0.1, 0.15) is 23.0 Å². The van der Waals surface area contributed by atoms with E-state index < -0.39 is 0 Å². The van der Waals surface area contributed by atoms with E-state index in [0.29, 0.717) is 17.1 Å². The van der Waals surface area contributed by atoms with Gasteiger partial charge in [0.2, 0.25) is 0 Å². The number of aromatic nitrogens is 1. The molecule has 0 aliphatic rings. The molecule has 1 heterocycles. The van der Waals surface area contributed by atoms with Crippen LogP contribution in [-0.4, -0.2) is 22.5 Å². The van der Waals surface area contributed by atoms with Crippen LogP contribution in [0.4, 0.5) is 5.69 Å². The summed E-state index contributed by atoms with van der Waals surface area (Å²) in [5, 5.41) is 2.74. The van der Waals surface area contributed by atoms with Crippen molar-refractivity contribution in [2.24, 2.45) is 5.73 Å². The van der Waals surface area contributed by atoms with Gasteiger partial charge in [-0.05, 0) is 40.2 Å². The molecule has 2 aromatic rings. The molecule has 0 saturated carbocycles. The van der Waals surface area contributed by atoms with Gasteiger partial charge in [0, 0.05) is 22.4 Å². The zero-order valence-corrected chi connectivity index (χ0v) is 13.3. The molecule has 0 bridgehead atoms. The third-order valence-corrected chi connectivity index (χ3v) is 3.02. The maximum Gasteiger partial charge on any atom is 0.274 e. The van der Waals surface area contributed by atoms with Crippen LogP contribution in [0.1, 0.15) is 10.5 Å². The molecule has 0 fully saturated rings. The number of benzene rings is 1. The zero-order valence-electron chi connectivity index (χ0n) is 10.9. The van der Waals surface area contributed by atoms with Crippen LogP contribution < -0.4 is 15.8 Å². The van der Waals surface area contributed by atoms with Crippen LogP contribution in [0, 0.1) is 0 Å². The largest absolute Gasteiger partial charge is 0.486 e. The van der Waals surface area contributed by atoms with E-state index in [9.17, 15) is 4.79 Å². The molecule has 1 aromatic carbocycles. The van der Waals surface area contributed by atoms with Crippen LogP contribution >= 0.6 is 28.1 Å². The van der Waals surface area contributed by atoms with Crippen molar-refractivity contribution in [3.63, 3.8) is 0 Å². The monoisotopic (exact) mass is 365 g/mol. The van der Waals surface area contributed by atoms with Gasteiger partial charge in [-0.1, -0.05) is 18.3 Å². The smallest absolute Gasteiger partial charge is 0.274 e. The number of pyridine rings is 1. The minimum absolute atomic E-state index is 0.154. The van der Waals surface area contributed by atoms with Crippen molar-refractivity contribution in [3.05, 3.63) is 52.8 Å². The number of nitrogens with zero attached hydrogens (tertiary/aromatic N) is 1. The lowest BCUT2D eigenvalue weighted by Crippen LogP contribution is -2.18. The molecule has 0 unspecified atom stereocenters. The molecule has 0 aliphatic heterocycles. The molecular weight excluding hydrogens is 354 g/mol. The number of hydrogen-bond acceptors (Lipinski definition) is 4. The van der Waals surface area contributed by atoms with Gasteiger partial charge >= 0.3 is 0 Å². The summed E-state index contributed by atoms with van der Waals surface area (Å²) in [5.74, 6) is 0.276. The number of rotatable bonds is 5. The van der Waals surface area contributed by atoms with E-state index in [0.717, 1.165) is 4.47 Å². The lowest BCUT2D eigenvalue weighted by molar-refractivity contribution is 0.102. The number of thiocarbonyl (C=S) groups is 1. The highest BCUT2D eigenvalue weighted by Crippen LogP contribution is 2.18. The quantitative estimate of drug-likeness (QED) is 0.796. The lowest BCUT2D eigenvalue weighted by Gasteiger charge is -2.08. The van der Waals surface area contributed by atoms with E-state index in [1.165, 1.54) is 0 Å². The standard InChI is InChI=1S/C14H12BrN3O2S/c15-9-4-5-12(17-7-9)14(19)18-10-2-1-3-11(6-10)20-8-13(16)21/h1-7H,8H2,(H2,16,21)(H,18,19). The Labute approximate surface area is 135 Å². The molecule has 5 nitrogen and oxygen atoms in total. The second-order valence-electron chi connectivity index (χ2n) is 4.10. The predicted octanol–water partition coefficient (Wildman–Crippen LogP) is 2.76. The first-order valence-electron chi connectivity index (χ1n) is 5.98. The summed E-state index contributed by atoms with van der Waals surface area (Å²) in [6, 6.07) is 10.3. The second kappa shape index (κ2) is 7.14. The van der Waals surface area contributed by atoms with Crippen LogP contribution in [-0.2, 0) is 0 Å². The minimum Gasteiger partial charge on any atom is -0.486 e. The Hall–Kier alpha value is -1.99. The molecule has 2 rings (SSSR count). The summed E-state index contributed by atoms with van der Waals surface area (Å²) in [7, 11) is 0. The number of halogens is 1. The van der Waals surface area contributed by atoms with Gasteiger partial charge in [0.15, 0.2) is 0 Å². The number of ether oxygens (including phenoxy) is 1. The van der Waals surface area contributed by atoms with Crippen molar-refractivity contribution in [2.45, 2.75) is 0 Å². The highest BCUT2D eigenvalue weighted by atomic mass is 79.9. The fourth-order valence-corrected chi connectivity index (χ4v) is 1.82. The topological polar surface area (TPSA) is 77.2 Å². The molecule has 1 aromatic heterocycles. The molecule has 0 radical (unpaired) electrons. The van der Waals surface area contributed by atoms with E-state index >= 15 is 0 Å². The van der Waals surface area contributed by atoms with Crippen LogP contribution in [0.3, 0.4) is 0 Å². The van der Waals surface area contributed by atoms with Gasteiger partial charge in [0.25, 0.3) is 5.91 Å². The molecule has 7 heteroatoms. The van der Waals surface area contributed by atoms with Crippen molar-refractivity contribution >= 4 is 44.7 Å². The number of nitrogens with two attached hydrogens (primary N) is 1. The Kier molecular flexibility index (Phi) is 5.24. The number of nitrogens with one attached hydrogen (secondary N) is 1. The first kappa shape index (κ1) is 15.4. The highest BCUT2D eigenvalue weighted by Gasteiger charge is 2.08. The molecule has 0 aliphatic carbocycles. The highest BCUT2D eigenvalue weighted by molar-refractivity contribution is 9.10. The van der Waals surface area contributed by atoms with Crippen LogP contribution in [0.5, 0.6) is 5.75 Å². The normalized spacial score (nSPS) is 9.95. The average molecular weight is 366 g/mol. The summed E-state index contributed by atoms with van der Waals surface area (Å²) in [5.41, 5.74) is 6.30. The van der Waals surface area contributed by atoms with E-state index in [1.807, 2.05) is 0 Å². The van der Waals surface area contributed by atoms with Gasteiger partial charge in [-0.2, -0.15) is 0 Å². The average Bonchev–Trinajstić information content (AvgIpc) is 2.46. The van der Waals surface area contributed by atoms with Gasteiger partial charge in [-0.3, -0.25) is 4.79 Å². The fraction of sp³-hybridized carbons (Fsp3) is 0.0714. The van der Waals surface area contributed by atoms with Crippen molar-refractivity contribution in [2.75, 3.05) is 11.9 Å². The van der Waals surface area contributed by atoms with Crippen molar-refractivity contribution < 1.29 is 9.53 Å². The first-order chi connectivity index (χ1) is 10.0. The molecule has 21 heavy (non-hydrogen) atoms. The maximum atomic E-state index is 12.0. The Morgan fingerprint density at radius 3 is 2.86 bits per heavy atom. The van der Waals surface area contributed by atoms with E-state index in [4.69, 9.17) is 22.7 Å². The Bertz CT molecular complexity index is 662. The Morgan fingerprint density at radius 2 is 2.19 bits per heavy atom. The van der Waals surface area contributed by atoms with Crippen LogP contribution in [0.25, 0.3) is 0 Å². The van der Waals surface area contributed by atoms with E-state index in [2.05, 4.69) is 26.2 Å². The second-order valence-corrected chi connectivity index (χ2v) is 5.54. The Balaban J connectivity index is 2.05. The van der Waals surface area contributed by atoms with Crippen molar-refractivity contribution in [1.29, 1.82) is 0 Å². The summed E-state index contributed by atoms with van der Waals surface area (Å²) in [4.78, 5) is 16.3. The molecule has 0 spiro atoms. The third-order valence-electron chi connectivity index (χ3n) is 2.43. The number of carbonyl (C=O) groups is 1. The molecular formula is C14H12BrN3O2S. The molecule has 108 valence electrons. The van der Waals surface area contributed by atoms with Crippen LogP contribution in [0.15, 0.2) is 47.1 Å². The van der Waals surface area contributed by atoms with Gasteiger partial charge in [0.05, 0.1) is 0 Å². The van der Waals surface area contributed by atoms with Crippen LogP contribution in [0.2, 0.25) is 0 Å². The third kappa shape index (κ3) is 4.80. The predicted molar refractivity (Wildman–Crippen MR) is 88.6 cm³/mol.